The lowest BCUT2D eigenvalue weighted by atomic mass is 9.55. The quantitative estimate of drug-likeness (QED) is 0.189. The number of hydrogen-bond acceptors (Lipinski definition) is 5. The monoisotopic (exact) mass is 663 g/mol. The van der Waals surface area contributed by atoms with Crippen LogP contribution < -0.4 is 0 Å². The minimum Gasteiger partial charge on any atom is -0.456 e. The van der Waals surface area contributed by atoms with E-state index in [1.54, 1.807) is 0 Å². The zero-order valence-corrected chi connectivity index (χ0v) is 29.1. The maximum atomic E-state index is 6.25. The summed E-state index contributed by atoms with van der Waals surface area (Å²) in [4.78, 5) is 15.4. The third kappa shape index (κ3) is 4.13. The fourth-order valence-electron chi connectivity index (χ4n) is 7.92. The first-order valence-corrected chi connectivity index (χ1v) is 17.9. The van der Waals surface area contributed by atoms with Gasteiger partial charge in [0, 0.05) is 47.6 Å². The van der Waals surface area contributed by atoms with Crippen LogP contribution in [-0.4, -0.2) is 15.0 Å². The third-order valence-electron chi connectivity index (χ3n) is 11.3. The number of hydrogen-bond donors (Lipinski definition) is 0. The van der Waals surface area contributed by atoms with E-state index in [2.05, 4.69) is 107 Å². The van der Waals surface area contributed by atoms with Crippen LogP contribution in [0, 0.1) is 0 Å². The molecule has 3 heterocycles. The molecule has 0 fully saturated rings. The summed E-state index contributed by atoms with van der Waals surface area (Å²) < 4.78 is 8.93. The first kappa shape index (κ1) is 29.3. The van der Waals surface area contributed by atoms with Crippen molar-refractivity contribution in [3.63, 3.8) is 0 Å². The summed E-state index contributed by atoms with van der Waals surface area (Å²) in [5, 5.41) is 4.70. The molecule has 0 saturated heterocycles. The third-order valence-corrected chi connectivity index (χ3v) is 12.4. The highest BCUT2D eigenvalue weighted by Crippen LogP contribution is 2.56. The van der Waals surface area contributed by atoms with E-state index in [1.807, 2.05) is 59.9 Å². The van der Waals surface area contributed by atoms with Crippen LogP contribution in [0.2, 0.25) is 0 Å². The topological polar surface area (TPSA) is 51.8 Å². The molecule has 3 aromatic heterocycles. The van der Waals surface area contributed by atoms with Gasteiger partial charge in [0.1, 0.15) is 11.2 Å². The van der Waals surface area contributed by atoms with E-state index < -0.39 is 0 Å². The van der Waals surface area contributed by atoms with Crippen LogP contribution in [0.15, 0.2) is 132 Å². The normalized spacial score (nSPS) is 14.7. The van der Waals surface area contributed by atoms with Gasteiger partial charge in [-0.2, -0.15) is 0 Å². The average molecular weight is 664 g/mol. The summed E-state index contributed by atoms with van der Waals surface area (Å²) in [5.74, 6) is 1.92. The highest BCUT2D eigenvalue weighted by atomic mass is 32.1. The zero-order chi connectivity index (χ0) is 33.8. The van der Waals surface area contributed by atoms with Crippen LogP contribution in [0.5, 0.6) is 0 Å². The molecule has 4 nitrogen and oxygen atoms in total. The molecule has 0 saturated carbocycles. The number of nitrogens with zero attached hydrogens (tertiary/aromatic N) is 3. The van der Waals surface area contributed by atoms with Gasteiger partial charge in [-0.1, -0.05) is 119 Å². The summed E-state index contributed by atoms with van der Waals surface area (Å²) in [6.07, 6.45) is 0. The van der Waals surface area contributed by atoms with Gasteiger partial charge in [-0.3, -0.25) is 0 Å². The molecular formula is C45H33N3OS. The molecule has 5 heteroatoms. The van der Waals surface area contributed by atoms with Crippen LogP contribution in [0.3, 0.4) is 0 Å². The second-order valence-corrected chi connectivity index (χ2v) is 15.5. The van der Waals surface area contributed by atoms with Crippen molar-refractivity contribution in [2.24, 2.45) is 0 Å². The molecule has 6 aromatic carbocycles. The van der Waals surface area contributed by atoms with Gasteiger partial charge in [0.05, 0.1) is 0 Å². The number of rotatable bonds is 3. The van der Waals surface area contributed by atoms with Gasteiger partial charge in [0.25, 0.3) is 0 Å². The number of thiophene rings is 1. The van der Waals surface area contributed by atoms with E-state index >= 15 is 0 Å². The van der Waals surface area contributed by atoms with Crippen molar-refractivity contribution >= 4 is 53.4 Å². The molecule has 0 bridgehead atoms. The molecule has 1 aliphatic rings. The number of furan rings is 1. The molecule has 0 atom stereocenters. The van der Waals surface area contributed by atoms with Gasteiger partial charge in [-0.05, 0) is 69.5 Å². The smallest absolute Gasteiger partial charge is 0.164 e. The van der Waals surface area contributed by atoms with Gasteiger partial charge in [-0.25, -0.2) is 15.0 Å². The Morgan fingerprint density at radius 3 is 1.94 bits per heavy atom. The van der Waals surface area contributed by atoms with E-state index in [9.17, 15) is 0 Å². The molecule has 0 radical (unpaired) electrons. The van der Waals surface area contributed by atoms with Crippen molar-refractivity contribution in [3.8, 4) is 45.3 Å². The van der Waals surface area contributed by atoms with Crippen LogP contribution in [0.25, 0.3) is 87.4 Å². The maximum absolute atomic E-state index is 6.25. The second-order valence-electron chi connectivity index (χ2n) is 14.5. The Bertz CT molecular complexity index is 2820. The van der Waals surface area contributed by atoms with E-state index in [0.29, 0.717) is 17.5 Å². The zero-order valence-electron chi connectivity index (χ0n) is 28.3. The van der Waals surface area contributed by atoms with Crippen molar-refractivity contribution < 1.29 is 4.42 Å². The van der Waals surface area contributed by atoms with Crippen molar-refractivity contribution in [2.75, 3.05) is 0 Å². The van der Waals surface area contributed by atoms with Crippen LogP contribution in [0.4, 0.5) is 0 Å². The van der Waals surface area contributed by atoms with Crippen LogP contribution in [0.1, 0.15) is 38.8 Å². The molecule has 50 heavy (non-hydrogen) atoms. The highest BCUT2D eigenvalue weighted by molar-refractivity contribution is 7.25. The molecule has 1 aliphatic carbocycles. The summed E-state index contributed by atoms with van der Waals surface area (Å²) in [6.45, 7) is 9.55. The Labute approximate surface area is 294 Å². The largest absolute Gasteiger partial charge is 0.456 e. The Kier molecular flexibility index (Phi) is 6.11. The van der Waals surface area contributed by atoms with Gasteiger partial charge in [-0.15, -0.1) is 11.3 Å². The Morgan fingerprint density at radius 1 is 0.460 bits per heavy atom. The van der Waals surface area contributed by atoms with Gasteiger partial charge in [0.15, 0.2) is 17.5 Å². The molecule has 10 rings (SSSR count). The summed E-state index contributed by atoms with van der Waals surface area (Å²) in [7, 11) is 0. The van der Waals surface area contributed by atoms with E-state index in [-0.39, 0.29) is 10.8 Å². The van der Waals surface area contributed by atoms with E-state index in [4.69, 9.17) is 19.4 Å². The fourth-order valence-corrected chi connectivity index (χ4v) is 9.05. The molecular weight excluding hydrogens is 631 g/mol. The van der Waals surface area contributed by atoms with Crippen LogP contribution in [-0.2, 0) is 10.8 Å². The first-order chi connectivity index (χ1) is 24.3. The van der Waals surface area contributed by atoms with Crippen molar-refractivity contribution in [2.45, 2.75) is 38.5 Å². The number of fused-ring (bicyclic) bond motifs is 9. The Morgan fingerprint density at radius 2 is 1.12 bits per heavy atom. The summed E-state index contributed by atoms with van der Waals surface area (Å²) in [5.41, 5.74) is 9.50. The minimum absolute atomic E-state index is 0.129. The second kappa shape index (κ2) is 10.4. The van der Waals surface area contributed by atoms with Crippen LogP contribution >= 0.6 is 11.3 Å². The predicted octanol–water partition coefficient (Wildman–Crippen LogP) is 12.4. The SMILES string of the molecule is CC1(C)c2cc(-c3nc(-c4ccccc4)nc(-c4cccc5oc6ccccc6c45)n3)ccc2-c2cc3c(cc2C1(C)C)sc1ccccc13. The van der Waals surface area contributed by atoms with Crippen molar-refractivity contribution in [1.29, 1.82) is 0 Å². The van der Waals surface area contributed by atoms with Gasteiger partial charge < -0.3 is 4.42 Å². The highest BCUT2D eigenvalue weighted by Gasteiger charge is 2.46. The Hall–Kier alpha value is -5.65. The predicted molar refractivity (Wildman–Crippen MR) is 208 cm³/mol. The number of aromatic nitrogens is 3. The van der Waals surface area contributed by atoms with E-state index in [1.165, 1.54) is 42.4 Å². The van der Waals surface area contributed by atoms with Gasteiger partial charge >= 0.3 is 0 Å². The average Bonchev–Trinajstić information content (AvgIpc) is 3.72. The number of para-hydroxylation sites is 1. The van der Waals surface area contributed by atoms with Gasteiger partial charge in [0.2, 0.25) is 0 Å². The molecule has 0 spiro atoms. The lowest BCUT2D eigenvalue weighted by Crippen LogP contribution is -2.43. The molecule has 0 N–H and O–H groups in total. The van der Waals surface area contributed by atoms with E-state index in [0.717, 1.165) is 38.6 Å². The molecule has 0 aliphatic heterocycles. The summed E-state index contributed by atoms with van der Waals surface area (Å²) >= 11 is 1.89. The standard InChI is InChI=1S/C45H33N3OS/c1-44(2)34-23-27(21-22-28(34)32-24-33-29-15-9-11-20-38(29)50-39(33)25-35(32)45(44,3)4)42-46-41(26-13-6-5-7-14-26)47-43(48-42)31-17-12-19-37-40(31)30-16-8-10-18-36(30)49-37/h5-25H,1-4H3. The lowest BCUT2D eigenvalue weighted by molar-refractivity contribution is 0.299. The maximum Gasteiger partial charge on any atom is 0.164 e. The number of benzene rings is 6. The van der Waals surface area contributed by atoms with Crippen molar-refractivity contribution in [1.82, 2.24) is 15.0 Å². The molecule has 240 valence electrons. The fraction of sp³-hybridized carbons (Fsp3) is 0.133. The minimum atomic E-state index is -0.172. The summed E-state index contributed by atoms with van der Waals surface area (Å²) in [6, 6.07) is 44.9. The lowest BCUT2D eigenvalue weighted by Gasteiger charge is -2.48. The molecule has 0 amide bonds. The molecule has 0 unspecified atom stereocenters. The first-order valence-electron chi connectivity index (χ1n) is 17.1. The Balaban J connectivity index is 1.21. The van der Waals surface area contributed by atoms with Crippen molar-refractivity contribution in [3.05, 3.63) is 139 Å². The molecule has 9 aromatic rings.